The lowest BCUT2D eigenvalue weighted by atomic mass is 10.3. The summed E-state index contributed by atoms with van der Waals surface area (Å²) in [5.41, 5.74) is 8.44. The summed E-state index contributed by atoms with van der Waals surface area (Å²) in [4.78, 5) is 5.68. The average Bonchev–Trinajstić information content (AvgIpc) is 2.37. The van der Waals surface area contributed by atoms with E-state index in [1.807, 2.05) is 43.3 Å². The van der Waals surface area contributed by atoms with E-state index in [9.17, 15) is 0 Å². The molecule has 0 radical (unpaired) electrons. The highest BCUT2D eigenvalue weighted by atomic mass is 32.2. The number of thioether (sulfide) groups is 1. The molecule has 3 nitrogen and oxygen atoms in total. The van der Waals surface area contributed by atoms with Gasteiger partial charge >= 0.3 is 0 Å². The molecule has 0 saturated carbocycles. The number of benzene rings is 1. The molecule has 0 spiro atoms. The van der Waals surface area contributed by atoms with Crippen LogP contribution in [0, 0.1) is 6.92 Å². The number of hydrogen-bond acceptors (Lipinski definition) is 4. The van der Waals surface area contributed by atoms with Crippen LogP contribution in [0.15, 0.2) is 41.3 Å². The SMILES string of the molecule is COc1cc(C)nc(CSc2ccc(N)cc2)c1. The Bertz CT molecular complexity index is 526. The highest BCUT2D eigenvalue weighted by molar-refractivity contribution is 7.98. The van der Waals surface area contributed by atoms with Crippen LogP contribution in [-0.4, -0.2) is 12.1 Å². The van der Waals surface area contributed by atoms with Crippen molar-refractivity contribution in [3.63, 3.8) is 0 Å². The molecular weight excluding hydrogens is 244 g/mol. The maximum absolute atomic E-state index is 5.65. The minimum absolute atomic E-state index is 0.787. The predicted molar refractivity (Wildman–Crippen MR) is 75.9 cm³/mol. The number of nitrogen functional groups attached to an aromatic ring is 1. The van der Waals surface area contributed by atoms with Gasteiger partial charge in [-0.05, 0) is 31.2 Å². The topological polar surface area (TPSA) is 48.1 Å². The van der Waals surface area contributed by atoms with Gasteiger partial charge in [-0.3, -0.25) is 4.98 Å². The minimum Gasteiger partial charge on any atom is -0.497 e. The molecule has 1 aromatic heterocycles. The summed E-state index contributed by atoms with van der Waals surface area (Å²) in [7, 11) is 1.67. The zero-order chi connectivity index (χ0) is 13.0. The summed E-state index contributed by atoms with van der Waals surface area (Å²) < 4.78 is 5.24. The Morgan fingerprint density at radius 2 is 1.94 bits per heavy atom. The molecule has 0 amide bonds. The van der Waals surface area contributed by atoms with Crippen LogP contribution in [0.2, 0.25) is 0 Å². The van der Waals surface area contributed by atoms with Crippen LogP contribution in [-0.2, 0) is 5.75 Å². The highest BCUT2D eigenvalue weighted by Crippen LogP contribution is 2.24. The third-order valence-electron chi connectivity index (χ3n) is 2.48. The second-order valence-corrected chi connectivity index (χ2v) is 5.05. The van der Waals surface area contributed by atoms with Crippen molar-refractivity contribution in [2.45, 2.75) is 17.6 Å². The number of anilines is 1. The van der Waals surface area contributed by atoms with Crippen LogP contribution >= 0.6 is 11.8 Å². The van der Waals surface area contributed by atoms with Crippen molar-refractivity contribution >= 4 is 17.4 Å². The molecule has 0 unspecified atom stereocenters. The summed E-state index contributed by atoms with van der Waals surface area (Å²) in [5, 5.41) is 0. The van der Waals surface area contributed by atoms with Gasteiger partial charge in [-0.1, -0.05) is 0 Å². The van der Waals surface area contributed by atoms with Crippen molar-refractivity contribution in [2.24, 2.45) is 0 Å². The molecule has 2 rings (SSSR count). The number of aryl methyl sites for hydroxylation is 1. The molecule has 94 valence electrons. The Balaban J connectivity index is 2.05. The lowest BCUT2D eigenvalue weighted by molar-refractivity contribution is 0.413. The molecule has 4 heteroatoms. The summed E-state index contributed by atoms with van der Waals surface area (Å²) >= 11 is 1.74. The van der Waals surface area contributed by atoms with E-state index in [1.54, 1.807) is 18.9 Å². The van der Waals surface area contributed by atoms with Crippen molar-refractivity contribution < 1.29 is 4.74 Å². The molecular formula is C14H16N2OS. The molecule has 2 aromatic rings. The summed E-state index contributed by atoms with van der Waals surface area (Å²) in [6.07, 6.45) is 0. The Hall–Kier alpha value is -1.68. The summed E-state index contributed by atoms with van der Waals surface area (Å²) in [6, 6.07) is 11.8. The number of methoxy groups -OCH3 is 1. The maximum Gasteiger partial charge on any atom is 0.122 e. The van der Waals surface area contributed by atoms with Gasteiger partial charge in [0.25, 0.3) is 0 Å². The van der Waals surface area contributed by atoms with Gasteiger partial charge in [0.1, 0.15) is 5.75 Å². The van der Waals surface area contributed by atoms with Crippen molar-refractivity contribution in [3.8, 4) is 5.75 Å². The van der Waals surface area contributed by atoms with E-state index >= 15 is 0 Å². The standard InChI is InChI=1S/C14H16N2OS/c1-10-7-13(17-2)8-12(16-10)9-18-14-5-3-11(15)4-6-14/h3-8H,9,15H2,1-2H3. The first kappa shape index (κ1) is 12.8. The lowest BCUT2D eigenvalue weighted by Crippen LogP contribution is -1.93. The van der Waals surface area contributed by atoms with Gasteiger partial charge < -0.3 is 10.5 Å². The molecule has 1 heterocycles. The Labute approximate surface area is 111 Å². The van der Waals surface area contributed by atoms with Crippen LogP contribution in [0.5, 0.6) is 5.75 Å². The minimum atomic E-state index is 0.787. The molecule has 0 aliphatic rings. The number of ether oxygens (including phenoxy) is 1. The smallest absolute Gasteiger partial charge is 0.122 e. The summed E-state index contributed by atoms with van der Waals surface area (Å²) in [6.45, 7) is 1.97. The van der Waals surface area contributed by atoms with Crippen molar-refractivity contribution in [1.29, 1.82) is 0 Å². The fraction of sp³-hybridized carbons (Fsp3) is 0.214. The number of aromatic nitrogens is 1. The molecule has 1 aromatic carbocycles. The quantitative estimate of drug-likeness (QED) is 0.677. The molecule has 0 fully saturated rings. The molecule has 0 aliphatic heterocycles. The number of hydrogen-bond donors (Lipinski definition) is 1. The molecule has 0 aliphatic carbocycles. The summed E-state index contributed by atoms with van der Waals surface area (Å²) in [5.74, 6) is 1.68. The highest BCUT2D eigenvalue weighted by Gasteiger charge is 2.02. The lowest BCUT2D eigenvalue weighted by Gasteiger charge is -2.06. The molecule has 2 N–H and O–H groups in total. The van der Waals surface area contributed by atoms with Crippen LogP contribution in [0.25, 0.3) is 0 Å². The first-order chi connectivity index (χ1) is 8.67. The third-order valence-corrected chi connectivity index (χ3v) is 3.53. The first-order valence-electron chi connectivity index (χ1n) is 5.67. The first-order valence-corrected chi connectivity index (χ1v) is 6.66. The van der Waals surface area contributed by atoms with E-state index in [-0.39, 0.29) is 0 Å². The molecule has 0 atom stereocenters. The molecule has 0 saturated heterocycles. The Morgan fingerprint density at radius 1 is 1.22 bits per heavy atom. The monoisotopic (exact) mass is 260 g/mol. The zero-order valence-electron chi connectivity index (χ0n) is 10.5. The normalized spacial score (nSPS) is 10.3. The predicted octanol–water partition coefficient (Wildman–Crippen LogP) is 3.27. The Kier molecular flexibility index (Phi) is 4.10. The van der Waals surface area contributed by atoms with Crippen molar-refractivity contribution in [1.82, 2.24) is 4.98 Å². The largest absolute Gasteiger partial charge is 0.497 e. The van der Waals surface area contributed by atoms with Crippen LogP contribution in [0.4, 0.5) is 5.69 Å². The number of nitrogens with two attached hydrogens (primary N) is 1. The van der Waals surface area contributed by atoms with Gasteiger partial charge in [-0.15, -0.1) is 11.8 Å². The second-order valence-electron chi connectivity index (χ2n) is 4.00. The molecule has 0 bridgehead atoms. The van der Waals surface area contributed by atoms with Crippen LogP contribution < -0.4 is 10.5 Å². The van der Waals surface area contributed by atoms with Gasteiger partial charge in [0.15, 0.2) is 0 Å². The number of nitrogens with zero attached hydrogens (tertiary/aromatic N) is 1. The van der Waals surface area contributed by atoms with Crippen LogP contribution in [0.3, 0.4) is 0 Å². The van der Waals surface area contributed by atoms with Gasteiger partial charge in [0.05, 0.1) is 12.8 Å². The maximum atomic E-state index is 5.65. The number of rotatable bonds is 4. The van der Waals surface area contributed by atoms with E-state index in [0.29, 0.717) is 0 Å². The van der Waals surface area contributed by atoms with Crippen LogP contribution in [0.1, 0.15) is 11.4 Å². The van der Waals surface area contributed by atoms with E-state index < -0.39 is 0 Å². The fourth-order valence-electron chi connectivity index (χ4n) is 1.62. The van der Waals surface area contributed by atoms with Gasteiger partial charge in [0, 0.05) is 34.2 Å². The average molecular weight is 260 g/mol. The van der Waals surface area contributed by atoms with Gasteiger partial charge in [-0.25, -0.2) is 0 Å². The van der Waals surface area contributed by atoms with Gasteiger partial charge in [-0.2, -0.15) is 0 Å². The van der Waals surface area contributed by atoms with E-state index in [1.165, 1.54) is 4.90 Å². The van der Waals surface area contributed by atoms with E-state index in [2.05, 4.69) is 4.98 Å². The van der Waals surface area contributed by atoms with Gasteiger partial charge in [0.2, 0.25) is 0 Å². The van der Waals surface area contributed by atoms with Crippen molar-refractivity contribution in [2.75, 3.05) is 12.8 Å². The van der Waals surface area contributed by atoms with E-state index in [4.69, 9.17) is 10.5 Å². The number of pyridine rings is 1. The zero-order valence-corrected chi connectivity index (χ0v) is 11.3. The molecule has 18 heavy (non-hydrogen) atoms. The Morgan fingerprint density at radius 3 is 2.61 bits per heavy atom. The third kappa shape index (κ3) is 3.40. The van der Waals surface area contributed by atoms with Crippen molar-refractivity contribution in [3.05, 3.63) is 47.8 Å². The fourth-order valence-corrected chi connectivity index (χ4v) is 2.41. The van der Waals surface area contributed by atoms with E-state index in [0.717, 1.165) is 28.6 Å². The second kappa shape index (κ2) is 5.78.